The van der Waals surface area contributed by atoms with E-state index in [1.165, 1.54) is 0 Å². The summed E-state index contributed by atoms with van der Waals surface area (Å²) in [5.74, 6) is 0.229. The van der Waals surface area contributed by atoms with Crippen LogP contribution >= 0.6 is 0 Å². The molecule has 0 aliphatic rings. The zero-order chi connectivity index (χ0) is 19.1. The molecule has 0 spiro atoms. The SMILES string of the molecule is Nc1ccc(CCC(=O)Nc2ccccc2C(=O)NCc2ccco2)cc1. The highest BCUT2D eigenvalue weighted by molar-refractivity contribution is 6.03. The van der Waals surface area contributed by atoms with Gasteiger partial charge in [-0.25, -0.2) is 0 Å². The van der Waals surface area contributed by atoms with E-state index in [-0.39, 0.29) is 18.4 Å². The maximum atomic E-state index is 12.4. The summed E-state index contributed by atoms with van der Waals surface area (Å²) in [6.45, 7) is 0.283. The number of hydrogen-bond acceptors (Lipinski definition) is 4. The summed E-state index contributed by atoms with van der Waals surface area (Å²) >= 11 is 0. The molecular formula is C21H21N3O3. The molecule has 6 nitrogen and oxygen atoms in total. The Kier molecular flexibility index (Phi) is 5.89. The highest BCUT2D eigenvalue weighted by atomic mass is 16.3. The smallest absolute Gasteiger partial charge is 0.253 e. The largest absolute Gasteiger partial charge is 0.467 e. The van der Waals surface area contributed by atoms with Crippen molar-refractivity contribution in [3.8, 4) is 0 Å². The summed E-state index contributed by atoms with van der Waals surface area (Å²) < 4.78 is 5.20. The first kappa shape index (κ1) is 18.3. The molecule has 0 radical (unpaired) electrons. The first-order chi connectivity index (χ1) is 13.1. The van der Waals surface area contributed by atoms with Gasteiger partial charge in [0.1, 0.15) is 5.76 Å². The molecule has 0 fully saturated rings. The highest BCUT2D eigenvalue weighted by Gasteiger charge is 2.13. The van der Waals surface area contributed by atoms with Gasteiger partial charge in [-0.3, -0.25) is 9.59 Å². The number of anilines is 2. The first-order valence-corrected chi connectivity index (χ1v) is 8.66. The average molecular weight is 363 g/mol. The second-order valence-electron chi connectivity index (χ2n) is 6.10. The molecule has 0 atom stereocenters. The third kappa shape index (κ3) is 5.22. The predicted molar refractivity (Wildman–Crippen MR) is 104 cm³/mol. The van der Waals surface area contributed by atoms with Crippen molar-refractivity contribution in [2.45, 2.75) is 19.4 Å². The highest BCUT2D eigenvalue weighted by Crippen LogP contribution is 2.16. The summed E-state index contributed by atoms with van der Waals surface area (Å²) in [6, 6.07) is 17.9. The topological polar surface area (TPSA) is 97.4 Å². The lowest BCUT2D eigenvalue weighted by Crippen LogP contribution is -2.24. The van der Waals surface area contributed by atoms with Crippen LogP contribution in [-0.2, 0) is 17.8 Å². The van der Waals surface area contributed by atoms with Crippen LogP contribution in [0.15, 0.2) is 71.3 Å². The van der Waals surface area contributed by atoms with Crippen LogP contribution in [0.25, 0.3) is 0 Å². The second-order valence-corrected chi connectivity index (χ2v) is 6.10. The molecule has 1 heterocycles. The number of benzene rings is 2. The molecule has 2 amide bonds. The Hall–Kier alpha value is -3.54. The van der Waals surface area contributed by atoms with Gasteiger partial charge < -0.3 is 20.8 Å². The fourth-order valence-corrected chi connectivity index (χ4v) is 2.62. The van der Waals surface area contributed by atoms with Crippen LogP contribution in [-0.4, -0.2) is 11.8 Å². The van der Waals surface area contributed by atoms with Gasteiger partial charge >= 0.3 is 0 Å². The number of furan rings is 1. The molecule has 3 rings (SSSR count). The van der Waals surface area contributed by atoms with Gasteiger partial charge in [-0.15, -0.1) is 0 Å². The van der Waals surface area contributed by atoms with E-state index in [2.05, 4.69) is 10.6 Å². The molecule has 138 valence electrons. The second kappa shape index (κ2) is 8.71. The van der Waals surface area contributed by atoms with Crippen molar-refractivity contribution in [1.82, 2.24) is 5.32 Å². The van der Waals surface area contributed by atoms with Crippen molar-refractivity contribution in [1.29, 1.82) is 0 Å². The Morgan fingerprint density at radius 1 is 0.963 bits per heavy atom. The van der Waals surface area contributed by atoms with Crippen molar-refractivity contribution in [3.63, 3.8) is 0 Å². The molecule has 0 saturated carbocycles. The number of nitrogen functional groups attached to an aromatic ring is 1. The molecule has 27 heavy (non-hydrogen) atoms. The molecule has 0 aliphatic carbocycles. The van der Waals surface area contributed by atoms with Crippen molar-refractivity contribution >= 4 is 23.2 Å². The Bertz CT molecular complexity index is 903. The Labute approximate surface area is 157 Å². The quantitative estimate of drug-likeness (QED) is 0.561. The average Bonchev–Trinajstić information content (AvgIpc) is 3.20. The predicted octanol–water partition coefficient (Wildman–Crippen LogP) is 3.36. The van der Waals surface area contributed by atoms with Gasteiger partial charge in [0.2, 0.25) is 5.91 Å². The molecule has 3 aromatic rings. The van der Waals surface area contributed by atoms with Crippen LogP contribution in [0.4, 0.5) is 11.4 Å². The van der Waals surface area contributed by atoms with E-state index < -0.39 is 0 Å². The summed E-state index contributed by atoms with van der Waals surface area (Å²) in [5.41, 5.74) is 8.28. The molecule has 4 N–H and O–H groups in total. The zero-order valence-corrected chi connectivity index (χ0v) is 14.8. The first-order valence-electron chi connectivity index (χ1n) is 8.66. The number of rotatable bonds is 7. The van der Waals surface area contributed by atoms with Gasteiger partial charge in [0, 0.05) is 12.1 Å². The van der Waals surface area contributed by atoms with Gasteiger partial charge in [0.25, 0.3) is 5.91 Å². The number of carbonyl (C=O) groups excluding carboxylic acids is 2. The zero-order valence-electron chi connectivity index (χ0n) is 14.8. The van der Waals surface area contributed by atoms with Crippen molar-refractivity contribution in [2.75, 3.05) is 11.1 Å². The third-order valence-corrected chi connectivity index (χ3v) is 4.07. The molecular weight excluding hydrogens is 342 g/mol. The standard InChI is InChI=1S/C21H21N3O3/c22-16-10-7-15(8-11-16)9-12-20(25)24-19-6-2-1-5-18(19)21(26)23-14-17-4-3-13-27-17/h1-8,10-11,13H,9,12,14,22H2,(H,23,26)(H,24,25). The normalized spacial score (nSPS) is 10.4. The number of amides is 2. The maximum absolute atomic E-state index is 12.4. The lowest BCUT2D eigenvalue weighted by atomic mass is 10.1. The van der Waals surface area contributed by atoms with Crippen molar-refractivity contribution in [2.24, 2.45) is 0 Å². The van der Waals surface area contributed by atoms with Crippen LogP contribution in [0.3, 0.4) is 0 Å². The van der Waals surface area contributed by atoms with Gasteiger partial charge in [-0.2, -0.15) is 0 Å². The molecule has 1 aromatic heterocycles. The van der Waals surface area contributed by atoms with E-state index in [4.69, 9.17) is 10.2 Å². The van der Waals surface area contributed by atoms with E-state index in [9.17, 15) is 9.59 Å². The van der Waals surface area contributed by atoms with Crippen molar-refractivity contribution < 1.29 is 14.0 Å². The minimum absolute atomic E-state index is 0.155. The molecule has 0 saturated heterocycles. The van der Waals surface area contributed by atoms with E-state index in [0.29, 0.717) is 35.5 Å². The van der Waals surface area contributed by atoms with Crippen molar-refractivity contribution in [3.05, 3.63) is 83.8 Å². The number of nitrogens with two attached hydrogens (primary N) is 1. The van der Waals surface area contributed by atoms with E-state index >= 15 is 0 Å². The Balaban J connectivity index is 1.58. The lowest BCUT2D eigenvalue weighted by molar-refractivity contribution is -0.116. The summed E-state index contributed by atoms with van der Waals surface area (Å²) in [5, 5.41) is 5.60. The van der Waals surface area contributed by atoms with E-state index in [1.807, 2.05) is 24.3 Å². The molecule has 2 aromatic carbocycles. The minimum Gasteiger partial charge on any atom is -0.467 e. The van der Waals surface area contributed by atoms with Gasteiger partial charge in [-0.05, 0) is 48.4 Å². The molecule has 0 bridgehead atoms. The Morgan fingerprint density at radius 2 is 1.74 bits per heavy atom. The fourth-order valence-electron chi connectivity index (χ4n) is 2.62. The maximum Gasteiger partial charge on any atom is 0.253 e. The van der Waals surface area contributed by atoms with E-state index in [0.717, 1.165) is 5.56 Å². The van der Waals surface area contributed by atoms with Crippen LogP contribution in [0.2, 0.25) is 0 Å². The molecule has 6 heteroatoms. The number of para-hydroxylation sites is 1. The Morgan fingerprint density at radius 3 is 2.48 bits per heavy atom. The number of hydrogen-bond donors (Lipinski definition) is 3. The van der Waals surface area contributed by atoms with Gasteiger partial charge in [-0.1, -0.05) is 24.3 Å². The van der Waals surface area contributed by atoms with Crippen LogP contribution in [0.1, 0.15) is 28.1 Å². The van der Waals surface area contributed by atoms with E-state index in [1.54, 1.807) is 42.7 Å². The van der Waals surface area contributed by atoms with Gasteiger partial charge in [0.15, 0.2) is 0 Å². The lowest BCUT2D eigenvalue weighted by Gasteiger charge is -2.11. The molecule has 0 unspecified atom stereocenters. The minimum atomic E-state index is -0.277. The molecule has 0 aliphatic heterocycles. The number of carbonyl (C=O) groups is 2. The van der Waals surface area contributed by atoms with Crippen LogP contribution < -0.4 is 16.4 Å². The van der Waals surface area contributed by atoms with Crippen LogP contribution in [0, 0.1) is 0 Å². The number of nitrogens with one attached hydrogen (secondary N) is 2. The summed E-state index contributed by atoms with van der Waals surface area (Å²) in [6.07, 6.45) is 2.46. The monoisotopic (exact) mass is 363 g/mol. The van der Waals surface area contributed by atoms with Gasteiger partial charge in [0.05, 0.1) is 24.1 Å². The third-order valence-electron chi connectivity index (χ3n) is 4.07. The van der Waals surface area contributed by atoms with Crippen LogP contribution in [0.5, 0.6) is 0 Å². The summed E-state index contributed by atoms with van der Waals surface area (Å²) in [7, 11) is 0. The fraction of sp³-hybridized carbons (Fsp3) is 0.143. The summed E-state index contributed by atoms with van der Waals surface area (Å²) in [4.78, 5) is 24.7. The number of aryl methyl sites for hydroxylation is 1.